The number of carbonyl (C=O) groups excluding carboxylic acids is 2. The highest BCUT2D eigenvalue weighted by molar-refractivity contribution is 9.10. The van der Waals surface area contributed by atoms with Crippen molar-refractivity contribution in [2.75, 3.05) is 23.9 Å². The van der Waals surface area contributed by atoms with E-state index in [0.717, 1.165) is 36.3 Å². The molecule has 0 unspecified atom stereocenters. The van der Waals surface area contributed by atoms with E-state index in [1.54, 1.807) is 0 Å². The van der Waals surface area contributed by atoms with E-state index in [-0.39, 0.29) is 24.4 Å². The molecule has 2 amide bonds. The zero-order valence-corrected chi connectivity index (χ0v) is 24.1. The second-order valence-electron chi connectivity index (χ2n) is 8.83. The summed E-state index contributed by atoms with van der Waals surface area (Å²) < 4.78 is 157. The molecule has 0 spiro atoms. The highest BCUT2D eigenvalue weighted by Gasteiger charge is 2.73. The average Bonchev–Trinajstić information content (AvgIpc) is 2.94. The number of hydrogen-bond donors (Lipinski definition) is 1. The maximum absolute atomic E-state index is 14.7. The Balaban J connectivity index is 2.13. The van der Waals surface area contributed by atoms with Gasteiger partial charge < -0.3 is 19.7 Å². The molecule has 0 fully saturated rings. The minimum atomic E-state index is -6.59. The Morgan fingerprint density at radius 2 is 1.51 bits per heavy atom. The van der Waals surface area contributed by atoms with Crippen LogP contribution in [0.25, 0.3) is 0 Å². The van der Waals surface area contributed by atoms with Crippen LogP contribution in [-0.4, -0.2) is 44.4 Å². The van der Waals surface area contributed by atoms with Crippen molar-refractivity contribution in [2.24, 2.45) is 0 Å². The summed E-state index contributed by atoms with van der Waals surface area (Å²) in [5.74, 6) is -7.04. The number of ether oxygens (including phenoxy) is 2. The fraction of sp³-hybridized carbons (Fsp3) is 0.259. The Kier molecular flexibility index (Phi) is 10.3. The van der Waals surface area contributed by atoms with Crippen molar-refractivity contribution in [1.82, 2.24) is 0 Å². The summed E-state index contributed by atoms with van der Waals surface area (Å²) in [4.78, 5) is 27.3. The summed E-state index contributed by atoms with van der Waals surface area (Å²) in [5, 5.41) is 1.97. The van der Waals surface area contributed by atoms with E-state index < -0.39 is 86.4 Å². The molecule has 3 rings (SSSR count). The van der Waals surface area contributed by atoms with E-state index in [2.05, 4.69) is 20.7 Å². The summed E-state index contributed by atoms with van der Waals surface area (Å²) in [6.07, 6.45) is -13.2. The molecule has 0 aliphatic heterocycles. The van der Waals surface area contributed by atoms with Crippen LogP contribution in [0.15, 0.2) is 53.0 Å². The molecule has 3 aromatic rings. The molecule has 0 saturated carbocycles. The highest BCUT2D eigenvalue weighted by Crippen LogP contribution is 2.55. The molecule has 0 bridgehead atoms. The van der Waals surface area contributed by atoms with Crippen molar-refractivity contribution in [3.63, 3.8) is 0 Å². The molecule has 1 N–H and O–H groups in total. The van der Waals surface area contributed by atoms with Gasteiger partial charge in [-0.1, -0.05) is 12.1 Å². The Hall–Kier alpha value is -4.09. The van der Waals surface area contributed by atoms with Crippen LogP contribution in [0.1, 0.15) is 33.2 Å². The zero-order valence-electron chi connectivity index (χ0n) is 22.5. The Morgan fingerprint density at radius 1 is 0.933 bits per heavy atom. The third-order valence-corrected chi connectivity index (χ3v) is 6.79. The topological polar surface area (TPSA) is 67.9 Å². The first-order valence-corrected chi connectivity index (χ1v) is 12.9. The second kappa shape index (κ2) is 13.1. The fourth-order valence-electron chi connectivity index (χ4n) is 4.13. The van der Waals surface area contributed by atoms with E-state index in [1.165, 1.54) is 19.1 Å². The third-order valence-electron chi connectivity index (χ3n) is 6.16. The molecule has 0 aromatic heterocycles. The summed E-state index contributed by atoms with van der Waals surface area (Å²) >= 11 is 2.57. The number of nitrogens with zero attached hydrogens (tertiary/aromatic N) is 1. The number of benzene rings is 3. The molecule has 0 saturated heterocycles. The van der Waals surface area contributed by atoms with Crippen LogP contribution in [0, 0.1) is 11.6 Å². The van der Waals surface area contributed by atoms with Gasteiger partial charge in [0, 0.05) is 16.6 Å². The van der Waals surface area contributed by atoms with Crippen molar-refractivity contribution in [3.05, 3.63) is 81.3 Å². The van der Waals surface area contributed by atoms with Crippen LogP contribution < -0.4 is 19.7 Å². The van der Waals surface area contributed by atoms with Crippen LogP contribution in [0.2, 0.25) is 0 Å². The highest BCUT2D eigenvalue weighted by atomic mass is 79.9. The third kappa shape index (κ3) is 6.79. The van der Waals surface area contributed by atoms with E-state index in [9.17, 15) is 57.9 Å². The standard InChI is InChI=1S/C27H18BrF11N2O4/c1-3-41(23(43)13-6-4-8-16(29)19(13)30)17-9-5-7-14(21(17)44-2)22(42)40-20-15(28)10-12(11-18(20)45-24(31)32)25(33,26(34,35)36)27(37,38)39/h4-11,24H,3H2,1-2H3,(H,40,42). The van der Waals surface area contributed by atoms with Crippen LogP contribution in [0.4, 0.5) is 59.7 Å². The van der Waals surface area contributed by atoms with E-state index in [4.69, 9.17) is 4.74 Å². The van der Waals surface area contributed by atoms with Gasteiger partial charge in [-0.3, -0.25) is 9.59 Å². The molecular weight excluding hydrogens is 705 g/mol. The van der Waals surface area contributed by atoms with Crippen molar-refractivity contribution in [2.45, 2.75) is 31.6 Å². The lowest BCUT2D eigenvalue weighted by Gasteiger charge is -2.31. The quantitative estimate of drug-likeness (QED) is 0.225. The van der Waals surface area contributed by atoms with Gasteiger partial charge in [0.25, 0.3) is 11.8 Å². The van der Waals surface area contributed by atoms with Crippen molar-refractivity contribution < 1.29 is 67.4 Å². The molecule has 0 radical (unpaired) electrons. The molecule has 3 aromatic carbocycles. The van der Waals surface area contributed by atoms with Crippen LogP contribution in [0.5, 0.6) is 11.5 Å². The number of methoxy groups -OCH3 is 1. The summed E-state index contributed by atoms with van der Waals surface area (Å²) in [7, 11) is 1.03. The van der Waals surface area contributed by atoms with E-state index >= 15 is 0 Å². The number of hydrogen-bond acceptors (Lipinski definition) is 4. The number of amides is 2. The van der Waals surface area contributed by atoms with Crippen molar-refractivity contribution in [3.8, 4) is 11.5 Å². The predicted octanol–water partition coefficient (Wildman–Crippen LogP) is 8.55. The molecular formula is C27H18BrF11N2O4. The molecule has 6 nitrogen and oxygen atoms in total. The second-order valence-corrected chi connectivity index (χ2v) is 9.68. The Bertz CT molecular complexity index is 1580. The number of halogens is 12. The molecule has 0 atom stereocenters. The van der Waals surface area contributed by atoms with Gasteiger partial charge in [0.15, 0.2) is 23.1 Å². The van der Waals surface area contributed by atoms with Gasteiger partial charge in [0.05, 0.1) is 29.6 Å². The van der Waals surface area contributed by atoms with Crippen LogP contribution >= 0.6 is 15.9 Å². The van der Waals surface area contributed by atoms with Gasteiger partial charge in [-0.25, -0.2) is 13.2 Å². The number of nitrogens with one attached hydrogen (secondary N) is 1. The molecule has 0 aliphatic rings. The van der Waals surface area contributed by atoms with E-state index in [1.807, 2.05) is 5.32 Å². The number of carbonyl (C=O) groups is 2. The minimum Gasteiger partial charge on any atom is -0.494 e. The maximum atomic E-state index is 14.7. The Morgan fingerprint density at radius 3 is 2.04 bits per heavy atom. The lowest BCUT2D eigenvalue weighted by molar-refractivity contribution is -0.348. The van der Waals surface area contributed by atoms with Gasteiger partial charge in [-0.05, 0) is 59.3 Å². The normalized spacial score (nSPS) is 12.2. The lowest BCUT2D eigenvalue weighted by Crippen LogP contribution is -2.50. The first-order valence-electron chi connectivity index (χ1n) is 12.1. The van der Waals surface area contributed by atoms with Gasteiger partial charge in [0.2, 0.25) is 0 Å². The van der Waals surface area contributed by atoms with Crippen LogP contribution in [0.3, 0.4) is 0 Å². The molecule has 0 aliphatic carbocycles. The van der Waals surface area contributed by atoms with Gasteiger partial charge in [-0.15, -0.1) is 0 Å². The number of anilines is 2. The number of para-hydroxylation sites is 1. The van der Waals surface area contributed by atoms with E-state index in [0.29, 0.717) is 0 Å². The molecule has 45 heavy (non-hydrogen) atoms. The number of alkyl halides is 9. The van der Waals surface area contributed by atoms with Gasteiger partial charge >= 0.3 is 24.6 Å². The first kappa shape index (κ1) is 35.4. The van der Waals surface area contributed by atoms with Gasteiger partial charge in [-0.2, -0.15) is 35.1 Å². The predicted molar refractivity (Wildman–Crippen MR) is 140 cm³/mol. The Labute approximate surface area is 254 Å². The van der Waals surface area contributed by atoms with Gasteiger partial charge in [0.1, 0.15) is 0 Å². The van der Waals surface area contributed by atoms with Crippen molar-refractivity contribution in [1.29, 1.82) is 0 Å². The average molecular weight is 723 g/mol. The summed E-state index contributed by atoms with van der Waals surface area (Å²) in [6, 6.07) is 5.97. The maximum Gasteiger partial charge on any atom is 0.435 e. The fourth-order valence-corrected chi connectivity index (χ4v) is 4.67. The molecule has 18 heteroatoms. The summed E-state index contributed by atoms with van der Waals surface area (Å²) in [6.45, 7) is -2.63. The molecule has 244 valence electrons. The smallest absolute Gasteiger partial charge is 0.435 e. The minimum absolute atomic E-state index is 0.0341. The first-order chi connectivity index (χ1) is 20.8. The monoisotopic (exact) mass is 722 g/mol. The zero-order chi connectivity index (χ0) is 34.1. The summed E-state index contributed by atoms with van der Waals surface area (Å²) in [5.41, 5.74) is -10.5. The molecule has 0 heterocycles. The van der Waals surface area contributed by atoms with Crippen LogP contribution in [-0.2, 0) is 5.67 Å². The van der Waals surface area contributed by atoms with Crippen molar-refractivity contribution >= 4 is 39.1 Å². The largest absolute Gasteiger partial charge is 0.494 e. The SMILES string of the molecule is CCN(C(=O)c1cccc(F)c1F)c1cccc(C(=O)Nc2c(Br)cc(C(F)(C(F)(F)F)C(F)(F)F)cc2OC(F)F)c1OC. The number of rotatable bonds is 9. The lowest BCUT2D eigenvalue weighted by atomic mass is 9.93.